The van der Waals surface area contributed by atoms with Gasteiger partial charge in [-0.2, -0.15) is 0 Å². The smallest absolute Gasteiger partial charge is 0.165 e. The Balaban J connectivity index is 1.70. The van der Waals surface area contributed by atoms with Gasteiger partial charge in [0.1, 0.15) is 12.4 Å². The van der Waals surface area contributed by atoms with Gasteiger partial charge in [-0.25, -0.2) is 8.78 Å². The van der Waals surface area contributed by atoms with E-state index in [1.54, 1.807) is 19.1 Å². The van der Waals surface area contributed by atoms with Crippen LogP contribution in [0.25, 0.3) is 16.6 Å². The average molecular weight is 559 g/mol. The van der Waals surface area contributed by atoms with Crippen LogP contribution in [0.4, 0.5) is 8.78 Å². The fraction of sp³-hybridized carbons (Fsp3) is 0.259. The highest BCUT2D eigenvalue weighted by atomic mass is 127. The summed E-state index contributed by atoms with van der Waals surface area (Å²) in [6.45, 7) is 3.42. The summed E-state index contributed by atoms with van der Waals surface area (Å²) in [7, 11) is 0. The van der Waals surface area contributed by atoms with Crippen molar-refractivity contribution in [1.82, 2.24) is 4.57 Å². The van der Waals surface area contributed by atoms with Crippen LogP contribution in [-0.4, -0.2) is 17.8 Å². The molecule has 4 aromatic rings. The highest BCUT2D eigenvalue weighted by molar-refractivity contribution is 14.1. The van der Waals surface area contributed by atoms with Crippen LogP contribution in [0.3, 0.4) is 0 Å². The number of benzene rings is 3. The number of fused-ring (bicyclic) bond motifs is 1. The Bertz CT molecular complexity index is 1300. The lowest BCUT2D eigenvalue weighted by Crippen LogP contribution is -2.17. The SMILES string of the molecule is Cc1cc(-n2c(C3CCOCC3)c(I)c3c(OCc4ccccc4)c(F)ccc32)ccc1F. The summed E-state index contributed by atoms with van der Waals surface area (Å²) < 4.78 is 44.0. The van der Waals surface area contributed by atoms with Crippen molar-refractivity contribution >= 4 is 33.5 Å². The van der Waals surface area contributed by atoms with Crippen LogP contribution in [0, 0.1) is 22.1 Å². The first-order valence-corrected chi connectivity index (χ1v) is 12.2. The predicted octanol–water partition coefficient (Wildman–Crippen LogP) is 7.29. The molecule has 0 atom stereocenters. The van der Waals surface area contributed by atoms with E-state index in [9.17, 15) is 4.39 Å². The number of nitrogens with zero attached hydrogens (tertiary/aromatic N) is 1. The number of hydrogen-bond donors (Lipinski definition) is 0. The third kappa shape index (κ3) is 4.26. The minimum Gasteiger partial charge on any atom is -0.485 e. The summed E-state index contributed by atoms with van der Waals surface area (Å²) in [5.41, 5.74) is 4.38. The lowest BCUT2D eigenvalue weighted by Gasteiger charge is -2.25. The Hall–Kier alpha value is -2.45. The van der Waals surface area contributed by atoms with Crippen LogP contribution >= 0.6 is 22.6 Å². The van der Waals surface area contributed by atoms with Gasteiger partial charge in [-0.15, -0.1) is 0 Å². The van der Waals surface area contributed by atoms with Crippen molar-refractivity contribution < 1.29 is 18.3 Å². The normalized spacial score (nSPS) is 14.7. The molecule has 5 rings (SSSR count). The lowest BCUT2D eigenvalue weighted by atomic mass is 9.96. The first-order chi connectivity index (χ1) is 16.0. The highest BCUT2D eigenvalue weighted by Gasteiger charge is 2.28. The monoisotopic (exact) mass is 559 g/mol. The molecule has 0 bridgehead atoms. The van der Waals surface area contributed by atoms with Crippen molar-refractivity contribution in [3.8, 4) is 11.4 Å². The molecule has 6 heteroatoms. The molecular weight excluding hydrogens is 535 g/mol. The molecule has 1 aromatic heterocycles. The molecule has 0 aliphatic carbocycles. The third-order valence-corrected chi connectivity index (χ3v) is 7.34. The molecule has 1 fully saturated rings. The summed E-state index contributed by atoms with van der Waals surface area (Å²) in [5, 5.41) is 0.759. The third-order valence-electron chi connectivity index (χ3n) is 6.25. The number of ether oxygens (including phenoxy) is 2. The van der Waals surface area contributed by atoms with Crippen LogP contribution in [0.1, 0.15) is 35.6 Å². The second-order valence-electron chi connectivity index (χ2n) is 8.40. The molecule has 0 amide bonds. The Kier molecular flexibility index (Phi) is 6.38. The molecule has 1 saturated heterocycles. The summed E-state index contributed by atoms with van der Waals surface area (Å²) in [6, 6.07) is 18.1. The van der Waals surface area contributed by atoms with Gasteiger partial charge < -0.3 is 14.0 Å². The first-order valence-electron chi connectivity index (χ1n) is 11.1. The summed E-state index contributed by atoms with van der Waals surface area (Å²) in [6.07, 6.45) is 1.77. The zero-order valence-corrected chi connectivity index (χ0v) is 20.4. The highest BCUT2D eigenvalue weighted by Crippen LogP contribution is 2.43. The van der Waals surface area contributed by atoms with Crippen LogP contribution in [0.5, 0.6) is 5.75 Å². The fourth-order valence-corrected chi connectivity index (χ4v) is 5.75. The standard InChI is InChI=1S/C27H24F2INO2/c1-17-15-20(7-8-21(17)28)31-23-10-9-22(29)27(33-16-18-5-3-2-4-6-18)24(23)25(30)26(31)19-11-13-32-14-12-19/h2-10,15,19H,11-14,16H2,1H3. The quantitative estimate of drug-likeness (QED) is 0.240. The molecule has 2 heterocycles. The summed E-state index contributed by atoms with van der Waals surface area (Å²) in [4.78, 5) is 0. The topological polar surface area (TPSA) is 23.4 Å². The maximum Gasteiger partial charge on any atom is 0.165 e. The largest absolute Gasteiger partial charge is 0.485 e. The second-order valence-corrected chi connectivity index (χ2v) is 9.48. The van der Waals surface area contributed by atoms with Gasteiger partial charge in [-0.3, -0.25) is 0 Å². The van der Waals surface area contributed by atoms with Crippen molar-refractivity contribution in [2.24, 2.45) is 0 Å². The molecule has 0 N–H and O–H groups in total. The molecule has 0 spiro atoms. The van der Waals surface area contributed by atoms with Crippen molar-refractivity contribution in [3.63, 3.8) is 0 Å². The van der Waals surface area contributed by atoms with Gasteiger partial charge in [0.2, 0.25) is 0 Å². The Morgan fingerprint density at radius 2 is 1.73 bits per heavy atom. The van der Waals surface area contributed by atoms with Crippen molar-refractivity contribution in [2.75, 3.05) is 13.2 Å². The Labute approximate surface area is 205 Å². The van der Waals surface area contributed by atoms with E-state index in [0.29, 0.717) is 18.8 Å². The molecule has 1 aliphatic heterocycles. The van der Waals surface area contributed by atoms with Crippen LogP contribution < -0.4 is 4.74 Å². The molecule has 33 heavy (non-hydrogen) atoms. The second kappa shape index (κ2) is 9.43. The molecule has 0 unspecified atom stereocenters. The van der Waals surface area contributed by atoms with Crippen LogP contribution in [-0.2, 0) is 11.3 Å². The molecule has 0 radical (unpaired) electrons. The van der Waals surface area contributed by atoms with Gasteiger partial charge in [0.05, 0.1) is 10.9 Å². The van der Waals surface area contributed by atoms with Crippen LogP contribution in [0.2, 0.25) is 0 Å². The Morgan fingerprint density at radius 1 is 1.00 bits per heavy atom. The van der Waals surface area contributed by atoms with E-state index < -0.39 is 0 Å². The summed E-state index contributed by atoms with van der Waals surface area (Å²) >= 11 is 2.32. The molecule has 3 aromatic carbocycles. The minimum absolute atomic E-state index is 0.240. The van der Waals surface area contributed by atoms with Crippen LogP contribution in [0.15, 0.2) is 60.7 Å². The number of aromatic nitrogens is 1. The average Bonchev–Trinajstić information content (AvgIpc) is 3.14. The zero-order valence-electron chi connectivity index (χ0n) is 18.3. The predicted molar refractivity (Wildman–Crippen MR) is 134 cm³/mol. The van der Waals surface area contributed by atoms with E-state index in [4.69, 9.17) is 9.47 Å². The number of rotatable bonds is 5. The van der Waals surface area contributed by atoms with Gasteiger partial charge >= 0.3 is 0 Å². The maximum absolute atomic E-state index is 15.1. The van der Waals surface area contributed by atoms with Gasteiger partial charge in [0, 0.05) is 34.1 Å². The first kappa shape index (κ1) is 22.3. The molecular formula is C27H24F2INO2. The number of halogens is 3. The maximum atomic E-state index is 15.1. The van der Waals surface area contributed by atoms with E-state index in [0.717, 1.165) is 44.3 Å². The molecule has 3 nitrogen and oxygen atoms in total. The number of hydrogen-bond acceptors (Lipinski definition) is 2. The molecule has 170 valence electrons. The van der Waals surface area contributed by atoms with E-state index in [1.807, 2.05) is 36.4 Å². The number of aryl methyl sites for hydroxylation is 1. The van der Waals surface area contributed by atoms with Crippen molar-refractivity contribution in [3.05, 3.63) is 92.7 Å². The van der Waals surface area contributed by atoms with E-state index in [-0.39, 0.29) is 29.9 Å². The molecule has 0 saturated carbocycles. The van der Waals surface area contributed by atoms with E-state index in [1.165, 1.54) is 12.1 Å². The van der Waals surface area contributed by atoms with E-state index in [2.05, 4.69) is 27.2 Å². The fourth-order valence-electron chi connectivity index (χ4n) is 4.55. The minimum atomic E-state index is -0.387. The van der Waals surface area contributed by atoms with Gasteiger partial charge in [-0.05, 0) is 83.8 Å². The van der Waals surface area contributed by atoms with Gasteiger partial charge in [-0.1, -0.05) is 30.3 Å². The van der Waals surface area contributed by atoms with Crippen molar-refractivity contribution in [2.45, 2.75) is 32.3 Å². The zero-order chi connectivity index (χ0) is 22.9. The molecule has 1 aliphatic rings. The van der Waals surface area contributed by atoms with E-state index >= 15 is 4.39 Å². The van der Waals surface area contributed by atoms with Crippen molar-refractivity contribution in [1.29, 1.82) is 0 Å². The van der Waals surface area contributed by atoms with Gasteiger partial charge in [0.15, 0.2) is 11.6 Å². The van der Waals surface area contributed by atoms with Gasteiger partial charge in [0.25, 0.3) is 0 Å². The summed E-state index contributed by atoms with van der Waals surface area (Å²) in [5.74, 6) is -0.113. The Morgan fingerprint density at radius 3 is 2.45 bits per heavy atom. The lowest BCUT2D eigenvalue weighted by molar-refractivity contribution is 0.0841.